The van der Waals surface area contributed by atoms with Gasteiger partial charge in [0, 0.05) is 55.5 Å². The maximum absolute atomic E-state index is 14.3. The molecule has 13 nitrogen and oxygen atoms in total. The minimum Gasteiger partial charge on any atom is -0.354 e. The van der Waals surface area contributed by atoms with Gasteiger partial charge in [-0.2, -0.15) is 0 Å². The van der Waals surface area contributed by atoms with Gasteiger partial charge in [0.05, 0.1) is 35.6 Å². The molecular weight excluding hydrogens is 819 g/mol. The van der Waals surface area contributed by atoms with Crippen molar-refractivity contribution >= 4 is 40.4 Å². The average Bonchev–Trinajstić information content (AvgIpc) is 4.23. The molecule has 0 spiro atoms. The monoisotopic (exact) mass is 886 g/mol. The third kappa shape index (κ3) is 12.7. The Morgan fingerprint density at radius 1 is 0.692 bits per heavy atom. The van der Waals surface area contributed by atoms with Crippen molar-refractivity contribution in [3.63, 3.8) is 0 Å². The Labute approximate surface area is 382 Å². The first-order valence-electron chi connectivity index (χ1n) is 24.2. The van der Waals surface area contributed by atoms with Crippen LogP contribution in [0.15, 0.2) is 90.0 Å². The van der Waals surface area contributed by atoms with Crippen LogP contribution < -0.4 is 26.8 Å². The SMILES string of the molecule is CCCCCCCCCC(=O)NC(Cn1cnc2ccc(C(=O)N3C[C@@H](C(=O)N[C@H]4C[C@@H]4c4ccccc4)[C@H](C(=O)N[C@H]4C[C@@H]4c4ccccc4)C3)cc2c1=O)C(=O)NCCCCCC. The van der Waals surface area contributed by atoms with E-state index < -0.39 is 29.3 Å². The molecular formula is C52H67N7O6. The molecule has 1 aliphatic heterocycles. The molecule has 7 rings (SSSR count). The fraction of sp³-hybridized carbons (Fsp3) is 0.519. The molecule has 3 aliphatic rings. The molecule has 1 unspecified atom stereocenters. The molecule has 7 atom stereocenters. The lowest BCUT2D eigenvalue weighted by Gasteiger charge is -2.20. The Hall–Kier alpha value is -5.85. The van der Waals surface area contributed by atoms with Crippen molar-refractivity contribution in [2.24, 2.45) is 11.8 Å². The van der Waals surface area contributed by atoms with Crippen molar-refractivity contribution < 1.29 is 24.0 Å². The Balaban J connectivity index is 1.04. The fourth-order valence-corrected chi connectivity index (χ4v) is 9.32. The van der Waals surface area contributed by atoms with Crippen molar-refractivity contribution in [3.05, 3.63) is 112 Å². The molecule has 4 N–H and O–H groups in total. The number of unbranched alkanes of at least 4 members (excludes halogenated alkanes) is 9. The lowest BCUT2D eigenvalue weighted by molar-refractivity contribution is -0.133. The standard InChI is InChI=1S/C52H67N7O6/c1-3-5-7-9-10-11-18-24-47(60)55-46(50(63)53-27-19-8-6-4-2)33-59-34-54-43-26-25-37(28-40(43)52(59)65)51(64)58-31-41(48(61)56-44-29-38(44)35-20-14-12-15-21-35)42(32-58)49(62)57-45-30-39(45)36-22-16-13-17-23-36/h12-17,20-23,25-26,28,34,38-39,41-42,44-46H,3-11,18-19,24,27,29-33H2,1-2H3,(H,53,63)(H,55,60)(H,56,61)(H,57,62)/t38-,39-,41-,42-,44+,45+,46?/m1/s1. The zero-order valence-corrected chi connectivity index (χ0v) is 38.1. The first kappa shape index (κ1) is 47.1. The summed E-state index contributed by atoms with van der Waals surface area (Å²) in [7, 11) is 0. The third-order valence-electron chi connectivity index (χ3n) is 13.4. The van der Waals surface area contributed by atoms with Gasteiger partial charge < -0.3 is 26.2 Å². The normalized spacial score (nSPS) is 21.4. The van der Waals surface area contributed by atoms with Crippen LogP contribution in [0.25, 0.3) is 10.9 Å². The summed E-state index contributed by atoms with van der Waals surface area (Å²) in [4.78, 5) is 89.2. The van der Waals surface area contributed by atoms with Crippen LogP contribution in [0.2, 0.25) is 0 Å². The Bertz CT molecular complexity index is 2240. The van der Waals surface area contributed by atoms with Crippen LogP contribution >= 0.6 is 0 Å². The smallest absolute Gasteiger partial charge is 0.261 e. The number of fused-ring (bicyclic) bond motifs is 1. The molecule has 1 saturated heterocycles. The first-order chi connectivity index (χ1) is 31.6. The summed E-state index contributed by atoms with van der Waals surface area (Å²) in [5, 5.41) is 12.4. The number of benzene rings is 3. The predicted molar refractivity (Wildman–Crippen MR) is 252 cm³/mol. The highest BCUT2D eigenvalue weighted by Crippen LogP contribution is 2.42. The summed E-state index contributed by atoms with van der Waals surface area (Å²) in [5.74, 6) is -2.65. The summed E-state index contributed by atoms with van der Waals surface area (Å²) in [6, 6.07) is 23.7. The molecule has 13 heteroatoms. The van der Waals surface area contributed by atoms with Crippen LogP contribution in [-0.2, 0) is 25.7 Å². The molecule has 4 aromatic rings. The second kappa shape index (κ2) is 22.9. The number of likely N-dealkylation sites (tertiary alicyclic amines) is 1. The zero-order valence-electron chi connectivity index (χ0n) is 38.1. The summed E-state index contributed by atoms with van der Waals surface area (Å²) < 4.78 is 1.31. The minimum atomic E-state index is -1.01. The Kier molecular flexibility index (Phi) is 16.6. The van der Waals surface area contributed by atoms with Gasteiger partial charge in [-0.1, -0.05) is 132 Å². The number of hydrogen-bond donors (Lipinski definition) is 4. The van der Waals surface area contributed by atoms with Gasteiger partial charge in [0.1, 0.15) is 6.04 Å². The van der Waals surface area contributed by atoms with Crippen LogP contribution in [-0.4, -0.2) is 81.7 Å². The van der Waals surface area contributed by atoms with Crippen molar-refractivity contribution in [1.29, 1.82) is 0 Å². The minimum absolute atomic E-state index is 0.0430. The number of carbonyl (C=O) groups excluding carboxylic acids is 5. The number of hydrogen-bond acceptors (Lipinski definition) is 7. The first-order valence-corrected chi connectivity index (χ1v) is 24.2. The van der Waals surface area contributed by atoms with E-state index in [-0.39, 0.29) is 84.6 Å². The van der Waals surface area contributed by atoms with E-state index in [9.17, 15) is 28.8 Å². The van der Waals surface area contributed by atoms with Crippen molar-refractivity contribution in [2.45, 2.75) is 140 Å². The van der Waals surface area contributed by atoms with Crippen LogP contribution in [0.5, 0.6) is 0 Å². The lowest BCUT2D eigenvalue weighted by atomic mass is 9.94. The van der Waals surface area contributed by atoms with Gasteiger partial charge in [-0.25, -0.2) is 4.98 Å². The topological polar surface area (TPSA) is 172 Å². The molecule has 3 aromatic carbocycles. The second-order valence-electron chi connectivity index (χ2n) is 18.4. The molecule has 3 fully saturated rings. The second-order valence-corrected chi connectivity index (χ2v) is 18.4. The highest BCUT2D eigenvalue weighted by molar-refractivity contribution is 5.99. The molecule has 5 amide bonds. The molecule has 2 aliphatic carbocycles. The van der Waals surface area contributed by atoms with Crippen molar-refractivity contribution in [2.75, 3.05) is 19.6 Å². The highest BCUT2D eigenvalue weighted by Gasteiger charge is 2.49. The van der Waals surface area contributed by atoms with Crippen LogP contribution in [0.3, 0.4) is 0 Å². The summed E-state index contributed by atoms with van der Waals surface area (Å²) in [5.41, 5.74) is 2.43. The van der Waals surface area contributed by atoms with E-state index in [1.165, 1.54) is 41.1 Å². The molecule has 1 aromatic heterocycles. The summed E-state index contributed by atoms with van der Waals surface area (Å²) in [6.07, 6.45) is 14.6. The number of amides is 5. The zero-order chi connectivity index (χ0) is 45.7. The van der Waals surface area contributed by atoms with Crippen molar-refractivity contribution in [3.8, 4) is 0 Å². The molecule has 65 heavy (non-hydrogen) atoms. The van der Waals surface area contributed by atoms with E-state index in [0.717, 1.165) is 75.3 Å². The van der Waals surface area contributed by atoms with E-state index >= 15 is 0 Å². The molecule has 346 valence electrons. The summed E-state index contributed by atoms with van der Waals surface area (Å²) in [6.45, 7) is 4.71. The molecule has 2 heterocycles. The largest absolute Gasteiger partial charge is 0.354 e. The van der Waals surface area contributed by atoms with Crippen molar-refractivity contribution in [1.82, 2.24) is 35.7 Å². The van der Waals surface area contributed by atoms with Crippen LogP contribution in [0.4, 0.5) is 0 Å². The van der Waals surface area contributed by atoms with E-state index in [1.54, 1.807) is 12.1 Å². The molecule has 0 bridgehead atoms. The maximum atomic E-state index is 14.3. The lowest BCUT2D eigenvalue weighted by Crippen LogP contribution is -2.50. The van der Waals surface area contributed by atoms with Gasteiger partial charge >= 0.3 is 0 Å². The van der Waals surface area contributed by atoms with Crippen LogP contribution in [0, 0.1) is 11.8 Å². The number of nitrogens with zero attached hydrogens (tertiary/aromatic N) is 3. The van der Waals surface area contributed by atoms with E-state index in [4.69, 9.17) is 0 Å². The third-order valence-corrected chi connectivity index (χ3v) is 13.4. The van der Waals surface area contributed by atoms with Crippen LogP contribution in [0.1, 0.15) is 137 Å². The van der Waals surface area contributed by atoms with E-state index in [1.807, 2.05) is 36.4 Å². The van der Waals surface area contributed by atoms with Gasteiger partial charge in [-0.05, 0) is 55.0 Å². The number of carbonyl (C=O) groups is 5. The van der Waals surface area contributed by atoms with Gasteiger partial charge in [0.2, 0.25) is 23.6 Å². The highest BCUT2D eigenvalue weighted by atomic mass is 16.2. The van der Waals surface area contributed by atoms with Gasteiger partial charge in [0.15, 0.2) is 0 Å². The number of rotatable bonds is 24. The van der Waals surface area contributed by atoms with E-state index in [0.29, 0.717) is 12.1 Å². The average molecular weight is 886 g/mol. The summed E-state index contributed by atoms with van der Waals surface area (Å²) >= 11 is 0. The number of nitrogens with one attached hydrogen (secondary N) is 4. The maximum Gasteiger partial charge on any atom is 0.261 e. The van der Waals surface area contributed by atoms with Gasteiger partial charge in [0.25, 0.3) is 11.5 Å². The number of aromatic nitrogens is 2. The van der Waals surface area contributed by atoms with Gasteiger partial charge in [-0.15, -0.1) is 0 Å². The fourth-order valence-electron chi connectivity index (χ4n) is 9.32. The quantitative estimate of drug-likeness (QED) is 0.0564. The Morgan fingerprint density at radius 2 is 1.25 bits per heavy atom. The Morgan fingerprint density at radius 3 is 1.83 bits per heavy atom. The van der Waals surface area contributed by atoms with E-state index in [2.05, 4.69) is 64.4 Å². The molecule has 0 radical (unpaired) electrons. The predicted octanol–water partition coefficient (Wildman–Crippen LogP) is 6.75. The van der Waals surface area contributed by atoms with Gasteiger partial charge in [-0.3, -0.25) is 33.3 Å². The molecule has 2 saturated carbocycles.